The molecule has 0 unspecified atom stereocenters. The summed E-state index contributed by atoms with van der Waals surface area (Å²) in [6.45, 7) is 0. The Kier molecular flexibility index (Phi) is 3.70. The van der Waals surface area contributed by atoms with E-state index in [2.05, 4.69) is 39.0 Å². The number of thiol groups is 1. The van der Waals surface area contributed by atoms with E-state index in [1.807, 2.05) is 18.2 Å². The molecule has 0 amide bonds. The first kappa shape index (κ1) is 11.7. The summed E-state index contributed by atoms with van der Waals surface area (Å²) < 4.78 is 15.8. The Morgan fingerprint density at radius 2 is 1.62 bits per heavy atom. The van der Waals surface area contributed by atoms with Gasteiger partial charge in [0, 0.05) is 4.90 Å². The molecule has 1 N–H and O–H groups in total. The van der Waals surface area contributed by atoms with Crippen LogP contribution in [-0.4, -0.2) is 0 Å². The average molecular weight is 345 g/mol. The van der Waals surface area contributed by atoms with Crippen LogP contribution in [0, 0.1) is 5.82 Å². The largest absolute Gasteiger partial charge is 0.327 e. The molecule has 2 aromatic carbocycles. The monoisotopic (exact) mass is 345 g/mol. The standard InChI is InChI=1S/C12H9FINS/c13-10-4-1-8(2-5-10)9-3-6-12(16)11(7-9)15-14/h1-7,15-16H. The third-order valence-corrected chi connectivity index (χ3v) is 3.25. The predicted octanol–water partition coefficient (Wildman–Crippen LogP) is 4.54. The molecule has 4 heteroatoms. The molecule has 82 valence electrons. The Labute approximate surface area is 113 Å². The zero-order valence-corrected chi connectivity index (χ0v) is 11.3. The van der Waals surface area contributed by atoms with Gasteiger partial charge in [0.1, 0.15) is 5.82 Å². The first-order chi connectivity index (χ1) is 7.70. The number of nitrogens with one attached hydrogen (secondary N) is 1. The van der Waals surface area contributed by atoms with Crippen molar-refractivity contribution in [2.45, 2.75) is 4.90 Å². The first-order valence-electron chi connectivity index (χ1n) is 4.66. The lowest BCUT2D eigenvalue weighted by molar-refractivity contribution is 0.628. The maximum Gasteiger partial charge on any atom is 0.123 e. The molecule has 2 rings (SSSR count). The smallest absolute Gasteiger partial charge is 0.123 e. The molecule has 0 saturated carbocycles. The fourth-order valence-corrected chi connectivity index (χ4v) is 2.29. The van der Waals surface area contributed by atoms with Crippen LogP contribution in [0.15, 0.2) is 47.4 Å². The van der Waals surface area contributed by atoms with Crippen LogP contribution in [0.2, 0.25) is 0 Å². The van der Waals surface area contributed by atoms with E-state index in [1.54, 1.807) is 12.1 Å². The maximum atomic E-state index is 12.8. The van der Waals surface area contributed by atoms with Crippen molar-refractivity contribution >= 4 is 41.2 Å². The first-order valence-corrected chi connectivity index (χ1v) is 6.19. The van der Waals surface area contributed by atoms with Gasteiger partial charge in [0.05, 0.1) is 28.6 Å². The van der Waals surface area contributed by atoms with E-state index in [9.17, 15) is 4.39 Å². The molecule has 0 aliphatic rings. The lowest BCUT2D eigenvalue weighted by Gasteiger charge is -2.07. The lowest BCUT2D eigenvalue weighted by Crippen LogP contribution is -1.84. The summed E-state index contributed by atoms with van der Waals surface area (Å²) in [6.07, 6.45) is 0. The average Bonchev–Trinajstić information content (AvgIpc) is 2.31. The van der Waals surface area contributed by atoms with E-state index in [0.29, 0.717) is 0 Å². The molecule has 16 heavy (non-hydrogen) atoms. The van der Waals surface area contributed by atoms with Crippen LogP contribution < -0.4 is 3.53 Å². The zero-order chi connectivity index (χ0) is 11.5. The molecule has 1 nitrogen and oxygen atoms in total. The quantitative estimate of drug-likeness (QED) is 0.463. The van der Waals surface area contributed by atoms with Gasteiger partial charge in [0.15, 0.2) is 0 Å². The van der Waals surface area contributed by atoms with Crippen LogP contribution in [0.4, 0.5) is 10.1 Å². The Bertz CT molecular complexity index is 499. The zero-order valence-electron chi connectivity index (χ0n) is 8.24. The minimum Gasteiger partial charge on any atom is -0.327 e. The molecule has 2 aromatic rings. The molecule has 0 atom stereocenters. The highest BCUT2D eigenvalue weighted by Crippen LogP contribution is 2.28. The Hall–Kier alpha value is -0.750. The van der Waals surface area contributed by atoms with Crippen molar-refractivity contribution < 1.29 is 4.39 Å². The highest BCUT2D eigenvalue weighted by atomic mass is 127. The second kappa shape index (κ2) is 5.05. The lowest BCUT2D eigenvalue weighted by atomic mass is 10.1. The molecule has 0 bridgehead atoms. The van der Waals surface area contributed by atoms with Gasteiger partial charge in [0.25, 0.3) is 0 Å². The van der Waals surface area contributed by atoms with Crippen LogP contribution in [-0.2, 0) is 0 Å². The Morgan fingerprint density at radius 3 is 2.25 bits per heavy atom. The van der Waals surface area contributed by atoms with Gasteiger partial charge in [-0.25, -0.2) is 4.39 Å². The summed E-state index contributed by atoms with van der Waals surface area (Å²) in [7, 11) is 0. The summed E-state index contributed by atoms with van der Waals surface area (Å²) in [4.78, 5) is 0.889. The minimum absolute atomic E-state index is 0.221. The fraction of sp³-hybridized carbons (Fsp3) is 0. The van der Waals surface area contributed by atoms with Gasteiger partial charge in [-0.15, -0.1) is 12.6 Å². The normalized spacial score (nSPS) is 10.2. The highest BCUT2D eigenvalue weighted by Gasteiger charge is 2.02. The summed E-state index contributed by atoms with van der Waals surface area (Å²) in [5, 5.41) is 0. The third kappa shape index (κ3) is 2.49. The number of benzene rings is 2. The van der Waals surface area contributed by atoms with Crippen LogP contribution in [0.1, 0.15) is 0 Å². The summed E-state index contributed by atoms with van der Waals surface area (Å²) in [5.74, 6) is -0.221. The molecule has 0 fully saturated rings. The molecule has 0 heterocycles. The maximum absolute atomic E-state index is 12.8. The van der Waals surface area contributed by atoms with Crippen LogP contribution in [0.3, 0.4) is 0 Å². The van der Waals surface area contributed by atoms with Gasteiger partial charge in [-0.2, -0.15) is 0 Å². The van der Waals surface area contributed by atoms with Gasteiger partial charge in [-0.05, 0) is 35.4 Å². The number of hydrogen-bond acceptors (Lipinski definition) is 2. The molecule has 0 aliphatic carbocycles. The topological polar surface area (TPSA) is 12.0 Å². The van der Waals surface area contributed by atoms with E-state index in [-0.39, 0.29) is 5.82 Å². The van der Waals surface area contributed by atoms with E-state index in [4.69, 9.17) is 0 Å². The van der Waals surface area contributed by atoms with Crippen molar-refractivity contribution in [3.05, 3.63) is 48.3 Å². The fourth-order valence-electron chi connectivity index (χ4n) is 1.43. The summed E-state index contributed by atoms with van der Waals surface area (Å²) >= 11 is 6.39. The second-order valence-corrected chi connectivity index (χ2v) is 4.35. The van der Waals surface area contributed by atoms with Crippen molar-refractivity contribution in [1.82, 2.24) is 0 Å². The van der Waals surface area contributed by atoms with E-state index in [1.165, 1.54) is 12.1 Å². The van der Waals surface area contributed by atoms with E-state index >= 15 is 0 Å². The highest BCUT2D eigenvalue weighted by molar-refractivity contribution is 14.1. The molecule has 0 spiro atoms. The van der Waals surface area contributed by atoms with Gasteiger partial charge >= 0.3 is 0 Å². The van der Waals surface area contributed by atoms with Gasteiger partial charge < -0.3 is 3.53 Å². The Balaban J connectivity index is 2.44. The Morgan fingerprint density at radius 1 is 1.00 bits per heavy atom. The van der Waals surface area contributed by atoms with Crippen molar-refractivity contribution in [1.29, 1.82) is 0 Å². The SMILES string of the molecule is Fc1ccc(-c2ccc(S)c(NI)c2)cc1. The van der Waals surface area contributed by atoms with Gasteiger partial charge in [0.2, 0.25) is 0 Å². The predicted molar refractivity (Wildman–Crippen MR) is 76.7 cm³/mol. The van der Waals surface area contributed by atoms with Crippen molar-refractivity contribution in [2.24, 2.45) is 0 Å². The molecule has 0 aromatic heterocycles. The molecular formula is C12H9FINS. The molecular weight excluding hydrogens is 336 g/mol. The molecule has 0 aliphatic heterocycles. The van der Waals surface area contributed by atoms with Crippen molar-refractivity contribution in [3.8, 4) is 11.1 Å². The van der Waals surface area contributed by atoms with E-state index < -0.39 is 0 Å². The summed E-state index contributed by atoms with van der Waals surface area (Å²) in [6, 6.07) is 12.3. The molecule has 0 saturated heterocycles. The number of hydrogen-bond donors (Lipinski definition) is 2. The van der Waals surface area contributed by atoms with Crippen molar-refractivity contribution in [3.63, 3.8) is 0 Å². The van der Waals surface area contributed by atoms with Crippen molar-refractivity contribution in [2.75, 3.05) is 3.53 Å². The summed E-state index contributed by atoms with van der Waals surface area (Å²) in [5.41, 5.74) is 2.98. The van der Waals surface area contributed by atoms with Crippen LogP contribution in [0.25, 0.3) is 11.1 Å². The minimum atomic E-state index is -0.221. The van der Waals surface area contributed by atoms with Gasteiger partial charge in [-0.1, -0.05) is 18.2 Å². The number of rotatable bonds is 2. The van der Waals surface area contributed by atoms with Crippen LogP contribution >= 0.6 is 35.5 Å². The van der Waals surface area contributed by atoms with Gasteiger partial charge in [-0.3, -0.25) is 0 Å². The number of anilines is 1. The number of halogens is 2. The molecule has 0 radical (unpaired) electrons. The third-order valence-electron chi connectivity index (χ3n) is 2.28. The van der Waals surface area contributed by atoms with E-state index in [0.717, 1.165) is 21.7 Å². The second-order valence-electron chi connectivity index (χ2n) is 3.33. The van der Waals surface area contributed by atoms with Crippen LogP contribution in [0.5, 0.6) is 0 Å².